The van der Waals surface area contributed by atoms with Crippen molar-refractivity contribution in [2.45, 2.75) is 26.2 Å². The monoisotopic (exact) mass is 385 g/mol. The summed E-state index contributed by atoms with van der Waals surface area (Å²) in [7, 11) is 1.51. The molecule has 0 saturated heterocycles. The quantitative estimate of drug-likeness (QED) is 0.549. The highest BCUT2D eigenvalue weighted by Gasteiger charge is 2.23. The molecule has 0 spiro atoms. The Bertz CT molecular complexity index is 993. The number of hydrogen-bond acceptors (Lipinski definition) is 4. The molecule has 0 atom stereocenters. The fourth-order valence-electron chi connectivity index (χ4n) is 2.81. The summed E-state index contributed by atoms with van der Waals surface area (Å²) in [6.45, 7) is 2.02. The Labute approximate surface area is 162 Å². The standard InChI is InChI=1S/C21H20ClNO4/c1-3-4-9-18(24)23-19-14-7-5-6-8-16(14)27-21(19)20(25)13-10-11-17(26-2)15(22)12-13/h5-8,10-12H,3-4,9H2,1-2H3,(H,23,24). The van der Waals surface area contributed by atoms with E-state index in [9.17, 15) is 9.59 Å². The van der Waals surface area contributed by atoms with E-state index >= 15 is 0 Å². The molecule has 5 nitrogen and oxygen atoms in total. The van der Waals surface area contributed by atoms with Crippen LogP contribution in [0.5, 0.6) is 5.75 Å². The van der Waals surface area contributed by atoms with Gasteiger partial charge in [-0.2, -0.15) is 0 Å². The third-order valence-corrected chi connectivity index (χ3v) is 4.53. The van der Waals surface area contributed by atoms with E-state index < -0.39 is 0 Å². The summed E-state index contributed by atoms with van der Waals surface area (Å²) in [4.78, 5) is 25.3. The molecule has 3 rings (SSSR count). The van der Waals surface area contributed by atoms with Crippen LogP contribution in [-0.4, -0.2) is 18.8 Å². The largest absolute Gasteiger partial charge is 0.495 e. The minimum Gasteiger partial charge on any atom is -0.495 e. The first-order valence-corrected chi connectivity index (χ1v) is 9.12. The van der Waals surface area contributed by atoms with Crippen molar-refractivity contribution in [1.82, 2.24) is 0 Å². The Balaban J connectivity index is 2.02. The van der Waals surface area contributed by atoms with Gasteiger partial charge in [-0.3, -0.25) is 9.59 Å². The van der Waals surface area contributed by atoms with E-state index in [0.717, 1.165) is 12.8 Å². The van der Waals surface area contributed by atoms with E-state index in [1.807, 2.05) is 25.1 Å². The summed E-state index contributed by atoms with van der Waals surface area (Å²) in [6.07, 6.45) is 2.08. The van der Waals surface area contributed by atoms with Gasteiger partial charge in [0.05, 0.1) is 17.8 Å². The molecule has 1 N–H and O–H groups in total. The number of rotatable bonds is 7. The summed E-state index contributed by atoms with van der Waals surface area (Å²) < 4.78 is 10.9. The van der Waals surface area contributed by atoms with Crippen molar-refractivity contribution in [3.05, 3.63) is 58.8 Å². The number of unbranched alkanes of at least 4 members (excludes halogenated alkanes) is 1. The summed E-state index contributed by atoms with van der Waals surface area (Å²) >= 11 is 6.14. The number of methoxy groups -OCH3 is 1. The van der Waals surface area contributed by atoms with Gasteiger partial charge in [0.15, 0.2) is 5.76 Å². The van der Waals surface area contributed by atoms with Crippen LogP contribution in [0.4, 0.5) is 5.69 Å². The molecular formula is C21H20ClNO4. The van der Waals surface area contributed by atoms with E-state index in [-0.39, 0.29) is 17.5 Å². The molecule has 1 aromatic heterocycles. The molecule has 3 aromatic rings. The summed E-state index contributed by atoms with van der Waals surface area (Å²) in [5, 5.41) is 3.86. The number of para-hydroxylation sites is 1. The molecule has 0 aliphatic rings. The summed E-state index contributed by atoms with van der Waals surface area (Å²) in [6, 6.07) is 12.0. The van der Waals surface area contributed by atoms with Gasteiger partial charge in [0, 0.05) is 17.4 Å². The van der Waals surface area contributed by atoms with Crippen LogP contribution in [0.1, 0.15) is 42.3 Å². The average molecular weight is 386 g/mol. The van der Waals surface area contributed by atoms with Crippen molar-refractivity contribution < 1.29 is 18.7 Å². The molecule has 1 amide bonds. The second kappa shape index (κ2) is 8.27. The van der Waals surface area contributed by atoms with Gasteiger partial charge < -0.3 is 14.5 Å². The molecule has 6 heteroatoms. The van der Waals surface area contributed by atoms with Gasteiger partial charge in [-0.25, -0.2) is 0 Å². The van der Waals surface area contributed by atoms with Crippen LogP contribution >= 0.6 is 11.6 Å². The van der Waals surface area contributed by atoms with E-state index in [1.54, 1.807) is 18.2 Å². The Morgan fingerprint density at radius 3 is 2.67 bits per heavy atom. The van der Waals surface area contributed by atoms with Crippen molar-refractivity contribution in [3.8, 4) is 5.75 Å². The van der Waals surface area contributed by atoms with E-state index in [0.29, 0.717) is 39.4 Å². The molecule has 0 radical (unpaired) electrons. The molecule has 0 fully saturated rings. The number of benzene rings is 2. The second-order valence-corrected chi connectivity index (χ2v) is 6.54. The average Bonchev–Trinajstić information content (AvgIpc) is 3.04. The molecule has 27 heavy (non-hydrogen) atoms. The van der Waals surface area contributed by atoms with Gasteiger partial charge >= 0.3 is 0 Å². The maximum atomic E-state index is 13.0. The smallest absolute Gasteiger partial charge is 0.230 e. The summed E-state index contributed by atoms with van der Waals surface area (Å²) in [5.41, 5.74) is 1.28. The zero-order chi connectivity index (χ0) is 19.4. The minimum atomic E-state index is -0.360. The van der Waals surface area contributed by atoms with Crippen LogP contribution in [-0.2, 0) is 4.79 Å². The number of carbonyl (C=O) groups is 2. The Hall–Kier alpha value is -2.79. The van der Waals surface area contributed by atoms with Gasteiger partial charge in [-0.05, 0) is 36.8 Å². The van der Waals surface area contributed by atoms with E-state index in [2.05, 4.69) is 5.32 Å². The first kappa shape index (κ1) is 19.0. The number of ketones is 1. The maximum absolute atomic E-state index is 13.0. The fourth-order valence-corrected chi connectivity index (χ4v) is 3.07. The zero-order valence-electron chi connectivity index (χ0n) is 15.2. The molecule has 0 saturated carbocycles. The fraction of sp³-hybridized carbons (Fsp3) is 0.238. The third-order valence-electron chi connectivity index (χ3n) is 4.24. The molecule has 140 valence electrons. The van der Waals surface area contributed by atoms with Gasteiger partial charge in [-0.1, -0.05) is 37.1 Å². The molecule has 0 aliphatic heterocycles. The highest BCUT2D eigenvalue weighted by molar-refractivity contribution is 6.32. The molecule has 0 aliphatic carbocycles. The van der Waals surface area contributed by atoms with Gasteiger partial charge in [0.1, 0.15) is 11.3 Å². The number of ether oxygens (including phenoxy) is 1. The lowest BCUT2D eigenvalue weighted by Crippen LogP contribution is -2.13. The van der Waals surface area contributed by atoms with Crippen molar-refractivity contribution in [2.24, 2.45) is 0 Å². The molecular weight excluding hydrogens is 366 g/mol. The van der Waals surface area contributed by atoms with Crippen molar-refractivity contribution >= 4 is 39.9 Å². The predicted octanol–water partition coefficient (Wildman–Crippen LogP) is 5.45. The van der Waals surface area contributed by atoms with Crippen LogP contribution in [0, 0.1) is 0 Å². The van der Waals surface area contributed by atoms with Crippen LogP contribution in [0.15, 0.2) is 46.9 Å². The number of nitrogens with one attached hydrogen (secondary N) is 1. The predicted molar refractivity (Wildman–Crippen MR) is 106 cm³/mol. The van der Waals surface area contributed by atoms with Crippen LogP contribution in [0.2, 0.25) is 5.02 Å². The van der Waals surface area contributed by atoms with Crippen molar-refractivity contribution in [2.75, 3.05) is 12.4 Å². The van der Waals surface area contributed by atoms with Crippen molar-refractivity contribution in [3.63, 3.8) is 0 Å². The number of fused-ring (bicyclic) bond motifs is 1. The number of halogens is 1. The lowest BCUT2D eigenvalue weighted by molar-refractivity contribution is -0.116. The topological polar surface area (TPSA) is 68.5 Å². The van der Waals surface area contributed by atoms with Crippen LogP contribution in [0.3, 0.4) is 0 Å². The number of furan rings is 1. The zero-order valence-corrected chi connectivity index (χ0v) is 15.9. The van der Waals surface area contributed by atoms with Gasteiger partial charge in [0.2, 0.25) is 11.7 Å². The molecule has 2 aromatic carbocycles. The van der Waals surface area contributed by atoms with Crippen LogP contribution < -0.4 is 10.1 Å². The number of carbonyl (C=O) groups excluding carboxylic acids is 2. The number of anilines is 1. The normalized spacial score (nSPS) is 10.8. The molecule has 0 unspecified atom stereocenters. The first-order chi connectivity index (χ1) is 13.0. The maximum Gasteiger partial charge on any atom is 0.230 e. The SMILES string of the molecule is CCCCC(=O)Nc1c(C(=O)c2ccc(OC)c(Cl)c2)oc2ccccc12. The van der Waals surface area contributed by atoms with E-state index in [1.165, 1.54) is 13.2 Å². The second-order valence-electron chi connectivity index (χ2n) is 6.13. The van der Waals surface area contributed by atoms with Gasteiger partial charge in [0.25, 0.3) is 0 Å². The Morgan fingerprint density at radius 2 is 1.96 bits per heavy atom. The lowest BCUT2D eigenvalue weighted by Gasteiger charge is -2.07. The third kappa shape index (κ3) is 3.98. The highest BCUT2D eigenvalue weighted by atomic mass is 35.5. The first-order valence-electron chi connectivity index (χ1n) is 8.74. The van der Waals surface area contributed by atoms with Gasteiger partial charge in [-0.15, -0.1) is 0 Å². The number of hydrogen-bond donors (Lipinski definition) is 1. The van der Waals surface area contributed by atoms with Crippen LogP contribution in [0.25, 0.3) is 11.0 Å². The van der Waals surface area contributed by atoms with E-state index in [4.69, 9.17) is 20.8 Å². The highest BCUT2D eigenvalue weighted by Crippen LogP contribution is 2.34. The Kier molecular flexibility index (Phi) is 5.81. The number of amides is 1. The van der Waals surface area contributed by atoms with Crippen molar-refractivity contribution in [1.29, 1.82) is 0 Å². The minimum absolute atomic E-state index is 0.0854. The molecule has 1 heterocycles. The molecule has 0 bridgehead atoms. The Morgan fingerprint density at radius 1 is 1.19 bits per heavy atom. The lowest BCUT2D eigenvalue weighted by atomic mass is 10.1. The summed E-state index contributed by atoms with van der Waals surface area (Å²) in [5.74, 6) is 0.0555.